The van der Waals surface area contributed by atoms with Crippen molar-refractivity contribution in [3.05, 3.63) is 41.5 Å². The Hall–Kier alpha value is -1.88. The molecule has 0 spiro atoms. The average Bonchev–Trinajstić information content (AvgIpc) is 2.96. The number of aryl methyl sites for hydroxylation is 1. The summed E-state index contributed by atoms with van der Waals surface area (Å²) in [6.07, 6.45) is 2.13. The summed E-state index contributed by atoms with van der Waals surface area (Å²) in [5, 5.41) is 7.41. The molecule has 1 aromatic heterocycles. The Balaban J connectivity index is 1.61. The highest BCUT2D eigenvalue weighted by atomic mass is 16.5. The summed E-state index contributed by atoms with van der Waals surface area (Å²) in [5.41, 5.74) is 1.10. The molecule has 5 nitrogen and oxygen atoms in total. The summed E-state index contributed by atoms with van der Waals surface area (Å²) >= 11 is 0. The summed E-state index contributed by atoms with van der Waals surface area (Å²) in [7, 11) is 0. The standard InChI is InChI=1S/C15H19N3O2/c1-11-4-2-3-5-13(11)19-10-14-17-15(18-20-14)12-6-8-16-9-7-12/h2-5,12,16H,6-10H2,1H3. The van der Waals surface area contributed by atoms with Gasteiger partial charge in [0.25, 0.3) is 5.89 Å². The molecule has 1 aliphatic heterocycles. The number of hydrogen-bond acceptors (Lipinski definition) is 5. The average molecular weight is 273 g/mol. The minimum atomic E-state index is 0.322. The lowest BCUT2D eigenvalue weighted by atomic mass is 9.98. The second-order valence-corrected chi connectivity index (χ2v) is 5.12. The van der Waals surface area contributed by atoms with Crippen LogP contribution in [0.2, 0.25) is 0 Å². The van der Waals surface area contributed by atoms with E-state index in [0.717, 1.165) is 43.1 Å². The van der Waals surface area contributed by atoms with Gasteiger partial charge >= 0.3 is 0 Å². The number of aromatic nitrogens is 2. The molecule has 1 aliphatic rings. The van der Waals surface area contributed by atoms with Crippen molar-refractivity contribution in [1.82, 2.24) is 15.5 Å². The van der Waals surface area contributed by atoms with Crippen molar-refractivity contribution >= 4 is 0 Å². The van der Waals surface area contributed by atoms with E-state index in [1.807, 2.05) is 31.2 Å². The van der Waals surface area contributed by atoms with Crippen LogP contribution >= 0.6 is 0 Å². The molecule has 0 amide bonds. The molecule has 1 fully saturated rings. The molecule has 0 aliphatic carbocycles. The Labute approximate surface area is 118 Å². The molecule has 0 unspecified atom stereocenters. The lowest BCUT2D eigenvalue weighted by Crippen LogP contribution is -2.27. The third kappa shape index (κ3) is 2.99. The Morgan fingerprint density at radius 1 is 1.30 bits per heavy atom. The van der Waals surface area contributed by atoms with Gasteiger partial charge in [0.15, 0.2) is 12.4 Å². The van der Waals surface area contributed by atoms with Crippen molar-refractivity contribution in [2.75, 3.05) is 13.1 Å². The number of hydrogen-bond donors (Lipinski definition) is 1. The molecule has 106 valence electrons. The predicted molar refractivity (Wildman–Crippen MR) is 74.7 cm³/mol. The Bertz CT molecular complexity index is 562. The summed E-state index contributed by atoms with van der Waals surface area (Å²) in [6, 6.07) is 7.91. The summed E-state index contributed by atoms with van der Waals surface area (Å²) in [5.74, 6) is 2.62. The van der Waals surface area contributed by atoms with Crippen LogP contribution in [0.4, 0.5) is 0 Å². The van der Waals surface area contributed by atoms with Crippen LogP contribution in [0.1, 0.15) is 36.0 Å². The van der Waals surface area contributed by atoms with Gasteiger partial charge in [-0.3, -0.25) is 0 Å². The van der Waals surface area contributed by atoms with Crippen molar-refractivity contribution in [3.8, 4) is 5.75 Å². The molecule has 1 saturated heterocycles. The lowest BCUT2D eigenvalue weighted by molar-refractivity contribution is 0.241. The van der Waals surface area contributed by atoms with Crippen LogP contribution in [-0.4, -0.2) is 23.2 Å². The van der Waals surface area contributed by atoms with E-state index in [4.69, 9.17) is 9.26 Å². The van der Waals surface area contributed by atoms with Gasteiger partial charge < -0.3 is 14.6 Å². The molecule has 3 rings (SSSR count). The maximum Gasteiger partial charge on any atom is 0.264 e. The van der Waals surface area contributed by atoms with E-state index < -0.39 is 0 Å². The van der Waals surface area contributed by atoms with Gasteiger partial charge in [-0.15, -0.1) is 0 Å². The largest absolute Gasteiger partial charge is 0.483 e. The first-order chi connectivity index (χ1) is 9.83. The number of para-hydroxylation sites is 1. The van der Waals surface area contributed by atoms with E-state index in [-0.39, 0.29) is 0 Å². The van der Waals surface area contributed by atoms with Crippen molar-refractivity contribution in [2.24, 2.45) is 0 Å². The first-order valence-corrected chi connectivity index (χ1v) is 7.04. The molecule has 0 bridgehead atoms. The zero-order chi connectivity index (χ0) is 13.8. The maximum atomic E-state index is 5.71. The number of piperidine rings is 1. The van der Waals surface area contributed by atoms with Gasteiger partial charge in [0.05, 0.1) is 0 Å². The van der Waals surface area contributed by atoms with Gasteiger partial charge in [-0.05, 0) is 44.5 Å². The second-order valence-electron chi connectivity index (χ2n) is 5.12. The highest BCUT2D eigenvalue weighted by Crippen LogP contribution is 2.23. The van der Waals surface area contributed by atoms with Crippen LogP contribution in [0, 0.1) is 6.92 Å². The zero-order valence-corrected chi connectivity index (χ0v) is 11.6. The minimum Gasteiger partial charge on any atom is -0.483 e. The van der Waals surface area contributed by atoms with Crippen LogP contribution in [0.5, 0.6) is 5.75 Å². The molecule has 20 heavy (non-hydrogen) atoms. The SMILES string of the molecule is Cc1ccccc1OCc1nc(C2CCNCC2)no1. The third-order valence-corrected chi connectivity index (χ3v) is 3.63. The summed E-state index contributed by atoms with van der Waals surface area (Å²) < 4.78 is 11.0. The smallest absolute Gasteiger partial charge is 0.264 e. The van der Waals surface area contributed by atoms with Gasteiger partial charge in [-0.2, -0.15) is 4.98 Å². The quantitative estimate of drug-likeness (QED) is 0.927. The minimum absolute atomic E-state index is 0.322. The Morgan fingerprint density at radius 3 is 2.90 bits per heavy atom. The molecule has 5 heteroatoms. The van der Waals surface area contributed by atoms with Crippen LogP contribution in [0.3, 0.4) is 0 Å². The number of nitrogens with zero attached hydrogens (tertiary/aromatic N) is 2. The van der Waals surface area contributed by atoms with Gasteiger partial charge in [0, 0.05) is 5.92 Å². The van der Waals surface area contributed by atoms with E-state index in [9.17, 15) is 0 Å². The highest BCUT2D eigenvalue weighted by molar-refractivity contribution is 5.31. The fourth-order valence-corrected chi connectivity index (χ4v) is 2.43. The molecular formula is C15H19N3O2. The Morgan fingerprint density at radius 2 is 2.10 bits per heavy atom. The summed E-state index contributed by atoms with van der Waals surface area (Å²) in [6.45, 7) is 4.38. The zero-order valence-electron chi connectivity index (χ0n) is 11.6. The Kier molecular flexibility index (Phi) is 3.97. The van der Waals surface area contributed by atoms with E-state index in [1.54, 1.807) is 0 Å². The van der Waals surface area contributed by atoms with Crippen LogP contribution < -0.4 is 10.1 Å². The monoisotopic (exact) mass is 273 g/mol. The molecule has 0 radical (unpaired) electrons. The lowest BCUT2D eigenvalue weighted by Gasteiger charge is -2.18. The predicted octanol–water partition coefficient (Wildman–Crippen LogP) is 2.42. The molecular weight excluding hydrogens is 254 g/mol. The first kappa shape index (κ1) is 13.1. The number of rotatable bonds is 4. The van der Waals surface area contributed by atoms with E-state index >= 15 is 0 Å². The van der Waals surface area contributed by atoms with Crippen LogP contribution in [0.15, 0.2) is 28.8 Å². The van der Waals surface area contributed by atoms with Crippen molar-refractivity contribution in [2.45, 2.75) is 32.3 Å². The fraction of sp³-hybridized carbons (Fsp3) is 0.467. The molecule has 2 aromatic rings. The van der Waals surface area contributed by atoms with Crippen molar-refractivity contribution in [1.29, 1.82) is 0 Å². The van der Waals surface area contributed by atoms with Crippen molar-refractivity contribution in [3.63, 3.8) is 0 Å². The van der Waals surface area contributed by atoms with E-state index in [2.05, 4.69) is 15.5 Å². The molecule has 0 atom stereocenters. The molecule has 1 N–H and O–H groups in total. The molecule has 0 saturated carbocycles. The van der Waals surface area contributed by atoms with Gasteiger partial charge in [-0.25, -0.2) is 0 Å². The first-order valence-electron chi connectivity index (χ1n) is 7.04. The number of ether oxygens (including phenoxy) is 1. The van der Waals surface area contributed by atoms with Crippen molar-refractivity contribution < 1.29 is 9.26 Å². The topological polar surface area (TPSA) is 60.2 Å². The highest BCUT2D eigenvalue weighted by Gasteiger charge is 2.20. The maximum absolute atomic E-state index is 5.71. The van der Waals surface area contributed by atoms with Crippen LogP contribution in [0.25, 0.3) is 0 Å². The van der Waals surface area contributed by atoms with E-state index in [1.165, 1.54) is 0 Å². The fourth-order valence-electron chi connectivity index (χ4n) is 2.43. The van der Waals surface area contributed by atoms with Gasteiger partial charge in [-0.1, -0.05) is 23.4 Å². The number of benzene rings is 1. The molecule has 1 aromatic carbocycles. The summed E-state index contributed by atoms with van der Waals surface area (Å²) in [4.78, 5) is 4.45. The van der Waals surface area contributed by atoms with E-state index in [0.29, 0.717) is 18.4 Å². The molecule has 2 heterocycles. The van der Waals surface area contributed by atoms with Gasteiger partial charge in [0.2, 0.25) is 0 Å². The normalized spacial score (nSPS) is 16.2. The third-order valence-electron chi connectivity index (χ3n) is 3.63. The van der Waals surface area contributed by atoms with Gasteiger partial charge in [0.1, 0.15) is 5.75 Å². The second kappa shape index (κ2) is 6.05. The van der Waals surface area contributed by atoms with Crippen LogP contribution in [-0.2, 0) is 6.61 Å². The number of nitrogens with one attached hydrogen (secondary N) is 1.